The molecule has 0 saturated carbocycles. The third-order valence-electron chi connectivity index (χ3n) is 0.961. The SMILES string of the molecule is CCN(C=O)CC.[Ge]. The van der Waals surface area contributed by atoms with Gasteiger partial charge in [0, 0.05) is 30.7 Å². The molecule has 0 atom stereocenters. The summed E-state index contributed by atoms with van der Waals surface area (Å²) in [6.07, 6.45) is 0.861. The fraction of sp³-hybridized carbons (Fsp3) is 0.800. The standard InChI is InChI=1S/C5H11NO.Ge/c1-3-6(4-2)5-7;/h5H,3-4H2,1-2H3;. The van der Waals surface area contributed by atoms with E-state index >= 15 is 0 Å². The van der Waals surface area contributed by atoms with Gasteiger partial charge < -0.3 is 4.90 Å². The van der Waals surface area contributed by atoms with Crippen LogP contribution in [0.25, 0.3) is 0 Å². The van der Waals surface area contributed by atoms with Gasteiger partial charge in [-0.25, -0.2) is 0 Å². The fourth-order valence-electron chi connectivity index (χ4n) is 0.373. The summed E-state index contributed by atoms with van der Waals surface area (Å²) in [6, 6.07) is 0. The largest absolute Gasteiger partial charge is 0.346 e. The predicted molar refractivity (Wildman–Crippen MR) is 34.7 cm³/mol. The van der Waals surface area contributed by atoms with Crippen molar-refractivity contribution in [1.29, 1.82) is 0 Å². The van der Waals surface area contributed by atoms with Gasteiger partial charge in [0.05, 0.1) is 0 Å². The van der Waals surface area contributed by atoms with Gasteiger partial charge in [0.15, 0.2) is 0 Å². The average Bonchev–Trinajstić information content (AvgIpc) is 1.72. The molecule has 0 N–H and O–H groups in total. The van der Waals surface area contributed by atoms with Crippen molar-refractivity contribution < 1.29 is 4.79 Å². The molecule has 1 amide bonds. The summed E-state index contributed by atoms with van der Waals surface area (Å²) in [4.78, 5) is 11.6. The smallest absolute Gasteiger partial charge is 0.209 e. The molecule has 0 saturated heterocycles. The minimum Gasteiger partial charge on any atom is -0.346 e. The molecule has 0 aromatic rings. The Labute approximate surface area is 61.2 Å². The molecule has 4 radical (unpaired) electrons. The summed E-state index contributed by atoms with van der Waals surface area (Å²) in [6.45, 7) is 5.55. The van der Waals surface area contributed by atoms with Gasteiger partial charge in [-0.15, -0.1) is 0 Å². The molecule has 0 heterocycles. The van der Waals surface area contributed by atoms with Crippen LogP contribution < -0.4 is 0 Å². The van der Waals surface area contributed by atoms with Crippen molar-refractivity contribution in [2.24, 2.45) is 0 Å². The van der Waals surface area contributed by atoms with Crippen molar-refractivity contribution in [2.75, 3.05) is 13.1 Å². The number of amides is 1. The van der Waals surface area contributed by atoms with Gasteiger partial charge >= 0.3 is 0 Å². The molecule has 0 spiro atoms. The number of carbonyl (C=O) groups excluding carboxylic acids is 1. The number of carbonyl (C=O) groups is 1. The van der Waals surface area contributed by atoms with E-state index in [9.17, 15) is 4.79 Å². The topological polar surface area (TPSA) is 20.3 Å². The van der Waals surface area contributed by atoms with E-state index < -0.39 is 0 Å². The van der Waals surface area contributed by atoms with Crippen LogP contribution >= 0.6 is 0 Å². The second-order valence-electron chi connectivity index (χ2n) is 1.33. The van der Waals surface area contributed by atoms with E-state index in [0.29, 0.717) is 0 Å². The van der Waals surface area contributed by atoms with E-state index in [2.05, 4.69) is 0 Å². The molecule has 0 aliphatic heterocycles. The van der Waals surface area contributed by atoms with Gasteiger partial charge in [0.1, 0.15) is 0 Å². The number of rotatable bonds is 3. The number of hydrogen-bond donors (Lipinski definition) is 0. The molecule has 0 aliphatic carbocycles. The van der Waals surface area contributed by atoms with Gasteiger partial charge in [0.25, 0.3) is 0 Å². The maximum Gasteiger partial charge on any atom is 0.209 e. The maximum atomic E-state index is 9.89. The molecule has 0 unspecified atom stereocenters. The van der Waals surface area contributed by atoms with Crippen LogP contribution in [0, 0.1) is 0 Å². The average molecular weight is 174 g/mol. The molecule has 0 aromatic carbocycles. The first-order chi connectivity index (χ1) is 3.35. The second kappa shape index (κ2) is 7.01. The first-order valence-corrected chi connectivity index (χ1v) is 2.54. The van der Waals surface area contributed by atoms with Crippen LogP contribution in [-0.4, -0.2) is 42.0 Å². The van der Waals surface area contributed by atoms with Crippen molar-refractivity contribution in [3.63, 3.8) is 0 Å². The maximum absolute atomic E-state index is 9.89. The molecular weight excluding hydrogens is 163 g/mol. The van der Waals surface area contributed by atoms with E-state index in [1.807, 2.05) is 13.8 Å². The van der Waals surface area contributed by atoms with Crippen LogP contribution in [0.5, 0.6) is 0 Å². The van der Waals surface area contributed by atoms with Crippen LogP contribution in [0.4, 0.5) is 0 Å². The predicted octanol–water partition coefficient (Wildman–Crippen LogP) is 0.104. The molecule has 0 rings (SSSR count). The molecule has 0 aromatic heterocycles. The van der Waals surface area contributed by atoms with Crippen molar-refractivity contribution in [3.05, 3.63) is 0 Å². The van der Waals surface area contributed by atoms with Gasteiger partial charge in [-0.05, 0) is 13.8 Å². The fourth-order valence-corrected chi connectivity index (χ4v) is 0.373. The van der Waals surface area contributed by atoms with Gasteiger partial charge in [-0.3, -0.25) is 4.79 Å². The quantitative estimate of drug-likeness (QED) is 0.438. The zero-order valence-corrected chi connectivity index (χ0v) is 7.45. The Morgan fingerprint density at radius 3 is 1.75 bits per heavy atom. The third kappa shape index (κ3) is 4.18. The summed E-state index contributed by atoms with van der Waals surface area (Å²) in [5.74, 6) is 0. The Kier molecular flexibility index (Phi) is 9.55. The van der Waals surface area contributed by atoms with Crippen molar-refractivity contribution in [2.45, 2.75) is 13.8 Å². The summed E-state index contributed by atoms with van der Waals surface area (Å²) < 4.78 is 0. The Bertz CT molecular complexity index is 54.4. The Hall–Kier alpha value is 0.0129. The van der Waals surface area contributed by atoms with Crippen LogP contribution in [0.3, 0.4) is 0 Å². The van der Waals surface area contributed by atoms with Crippen LogP contribution in [0.15, 0.2) is 0 Å². The van der Waals surface area contributed by atoms with Crippen LogP contribution in [0.2, 0.25) is 0 Å². The van der Waals surface area contributed by atoms with E-state index in [1.54, 1.807) is 4.90 Å². The molecular formula is C5H11GeNO. The third-order valence-corrected chi connectivity index (χ3v) is 0.961. The number of nitrogens with zero attached hydrogens (tertiary/aromatic N) is 1. The monoisotopic (exact) mass is 175 g/mol. The van der Waals surface area contributed by atoms with Crippen molar-refractivity contribution >= 4 is 24.0 Å². The first-order valence-electron chi connectivity index (χ1n) is 2.54. The minimum atomic E-state index is 0. The minimum absolute atomic E-state index is 0. The zero-order valence-electron chi connectivity index (χ0n) is 5.35. The second-order valence-corrected chi connectivity index (χ2v) is 1.33. The molecule has 8 heavy (non-hydrogen) atoms. The van der Waals surface area contributed by atoms with E-state index in [4.69, 9.17) is 0 Å². The molecule has 0 fully saturated rings. The molecule has 46 valence electrons. The van der Waals surface area contributed by atoms with Crippen LogP contribution in [0.1, 0.15) is 13.8 Å². The zero-order chi connectivity index (χ0) is 5.70. The van der Waals surface area contributed by atoms with E-state index in [1.165, 1.54) is 0 Å². The van der Waals surface area contributed by atoms with E-state index in [-0.39, 0.29) is 17.6 Å². The van der Waals surface area contributed by atoms with Gasteiger partial charge in [-0.1, -0.05) is 0 Å². The molecule has 3 heteroatoms. The molecule has 0 aliphatic rings. The number of hydrogen-bond acceptors (Lipinski definition) is 1. The summed E-state index contributed by atoms with van der Waals surface area (Å²) >= 11 is 0. The summed E-state index contributed by atoms with van der Waals surface area (Å²) in [7, 11) is 0. The normalized spacial score (nSPS) is 7.25. The van der Waals surface area contributed by atoms with Crippen LogP contribution in [-0.2, 0) is 4.79 Å². The molecule has 2 nitrogen and oxygen atoms in total. The Balaban J connectivity index is 0. The summed E-state index contributed by atoms with van der Waals surface area (Å²) in [5, 5.41) is 0. The Morgan fingerprint density at radius 2 is 1.75 bits per heavy atom. The van der Waals surface area contributed by atoms with Gasteiger partial charge in [-0.2, -0.15) is 0 Å². The van der Waals surface area contributed by atoms with Gasteiger partial charge in [0.2, 0.25) is 6.41 Å². The van der Waals surface area contributed by atoms with E-state index in [0.717, 1.165) is 19.5 Å². The Morgan fingerprint density at radius 1 is 1.38 bits per heavy atom. The molecule has 0 bridgehead atoms. The first kappa shape index (κ1) is 10.9. The summed E-state index contributed by atoms with van der Waals surface area (Å²) in [5.41, 5.74) is 0. The van der Waals surface area contributed by atoms with Crippen molar-refractivity contribution in [3.8, 4) is 0 Å². The van der Waals surface area contributed by atoms with Crippen molar-refractivity contribution in [1.82, 2.24) is 4.90 Å².